The minimum Gasteiger partial charge on any atom is -0.296 e. The van der Waals surface area contributed by atoms with Crippen LogP contribution >= 0.6 is 11.3 Å². The molecular weight excluding hydrogens is 206 g/mol. The molecule has 1 fully saturated rings. The third-order valence-electron chi connectivity index (χ3n) is 2.74. The molecule has 1 aliphatic rings. The summed E-state index contributed by atoms with van der Waals surface area (Å²) in [6, 6.07) is 2.37. The van der Waals surface area contributed by atoms with Gasteiger partial charge in [-0.25, -0.2) is 4.98 Å². The lowest BCUT2D eigenvalue weighted by molar-refractivity contribution is 0.190. The van der Waals surface area contributed by atoms with E-state index in [-0.39, 0.29) is 5.92 Å². The molecule has 0 bridgehead atoms. The van der Waals surface area contributed by atoms with E-state index in [0.29, 0.717) is 0 Å². The van der Waals surface area contributed by atoms with Crippen molar-refractivity contribution < 1.29 is 0 Å². The van der Waals surface area contributed by atoms with Crippen LogP contribution in [0.5, 0.6) is 0 Å². The molecule has 1 aromatic rings. The van der Waals surface area contributed by atoms with Crippen LogP contribution in [0.4, 0.5) is 0 Å². The smallest absolute Gasteiger partial charge is 0.0897 e. The van der Waals surface area contributed by atoms with Gasteiger partial charge in [-0.3, -0.25) is 4.90 Å². The second kappa shape index (κ2) is 4.73. The van der Waals surface area contributed by atoms with Gasteiger partial charge in [0.15, 0.2) is 0 Å². The second-order valence-electron chi connectivity index (χ2n) is 4.06. The lowest BCUT2D eigenvalue weighted by atomic mass is 10.00. The Morgan fingerprint density at radius 3 is 3.27 bits per heavy atom. The lowest BCUT2D eigenvalue weighted by Gasteiger charge is -2.28. The molecule has 4 heteroatoms. The van der Waals surface area contributed by atoms with Crippen molar-refractivity contribution in [2.45, 2.75) is 26.3 Å². The normalized spacial score (nSPS) is 22.5. The molecule has 0 amide bonds. The van der Waals surface area contributed by atoms with Gasteiger partial charge in [-0.05, 0) is 26.3 Å². The molecule has 0 aliphatic carbocycles. The van der Waals surface area contributed by atoms with Crippen molar-refractivity contribution in [3.8, 4) is 6.07 Å². The van der Waals surface area contributed by atoms with Crippen molar-refractivity contribution in [1.82, 2.24) is 9.88 Å². The predicted octanol–water partition coefficient (Wildman–Crippen LogP) is 2.19. The number of rotatable bonds is 2. The maximum Gasteiger partial charge on any atom is 0.0897 e. The molecule has 1 unspecified atom stereocenters. The molecule has 0 N–H and O–H groups in total. The Labute approximate surface area is 94.4 Å². The van der Waals surface area contributed by atoms with Crippen molar-refractivity contribution in [1.29, 1.82) is 5.26 Å². The Bertz CT molecular complexity index is 366. The number of thiazole rings is 1. The Hall–Kier alpha value is -0.920. The van der Waals surface area contributed by atoms with Crippen molar-refractivity contribution in [3.05, 3.63) is 16.1 Å². The largest absolute Gasteiger partial charge is 0.296 e. The highest BCUT2D eigenvalue weighted by molar-refractivity contribution is 7.09. The summed E-state index contributed by atoms with van der Waals surface area (Å²) in [7, 11) is 0. The second-order valence-corrected chi connectivity index (χ2v) is 5.12. The van der Waals surface area contributed by atoms with Crippen LogP contribution in [-0.4, -0.2) is 23.0 Å². The van der Waals surface area contributed by atoms with Crippen LogP contribution in [0.25, 0.3) is 0 Å². The number of aryl methyl sites for hydroxylation is 1. The van der Waals surface area contributed by atoms with E-state index >= 15 is 0 Å². The molecule has 1 atom stereocenters. The minimum atomic E-state index is 0.221. The van der Waals surface area contributed by atoms with Gasteiger partial charge in [0.2, 0.25) is 0 Å². The zero-order valence-corrected chi connectivity index (χ0v) is 9.76. The van der Waals surface area contributed by atoms with E-state index in [2.05, 4.69) is 21.3 Å². The fourth-order valence-corrected chi connectivity index (χ4v) is 2.62. The number of hydrogen-bond donors (Lipinski definition) is 0. The SMILES string of the molecule is Cc1nc(CN2CCCC(C#N)C2)cs1. The molecule has 80 valence electrons. The summed E-state index contributed by atoms with van der Waals surface area (Å²) in [5.41, 5.74) is 1.15. The predicted molar refractivity (Wildman–Crippen MR) is 60.5 cm³/mol. The standard InChI is InChI=1S/C11H15N3S/c1-9-13-11(8-15-9)7-14-4-2-3-10(5-12)6-14/h8,10H,2-4,6-7H2,1H3. The molecule has 0 saturated carbocycles. The highest BCUT2D eigenvalue weighted by atomic mass is 32.1. The zero-order chi connectivity index (χ0) is 10.7. The van der Waals surface area contributed by atoms with Crippen LogP contribution in [0.2, 0.25) is 0 Å². The number of likely N-dealkylation sites (tertiary alicyclic amines) is 1. The third kappa shape index (κ3) is 2.77. The quantitative estimate of drug-likeness (QED) is 0.768. The summed E-state index contributed by atoms with van der Waals surface area (Å²) in [5.74, 6) is 0.221. The summed E-state index contributed by atoms with van der Waals surface area (Å²) in [5, 5.41) is 12.1. The van der Waals surface area contributed by atoms with Crippen LogP contribution in [0.15, 0.2) is 5.38 Å². The van der Waals surface area contributed by atoms with Crippen molar-refractivity contribution in [3.63, 3.8) is 0 Å². The Kier molecular flexibility index (Phi) is 3.34. The van der Waals surface area contributed by atoms with Crippen LogP contribution in [-0.2, 0) is 6.54 Å². The van der Waals surface area contributed by atoms with Crippen LogP contribution in [0, 0.1) is 24.2 Å². The van der Waals surface area contributed by atoms with Crippen molar-refractivity contribution >= 4 is 11.3 Å². The Morgan fingerprint density at radius 2 is 2.60 bits per heavy atom. The van der Waals surface area contributed by atoms with Gasteiger partial charge in [-0.15, -0.1) is 11.3 Å². The average molecular weight is 221 g/mol. The van der Waals surface area contributed by atoms with Crippen molar-refractivity contribution in [2.75, 3.05) is 13.1 Å². The fraction of sp³-hybridized carbons (Fsp3) is 0.636. The molecule has 1 aromatic heterocycles. The molecule has 0 aromatic carbocycles. The topological polar surface area (TPSA) is 39.9 Å². The van der Waals surface area contributed by atoms with Gasteiger partial charge in [0.25, 0.3) is 0 Å². The molecule has 0 spiro atoms. The highest BCUT2D eigenvalue weighted by Gasteiger charge is 2.19. The summed E-state index contributed by atoms with van der Waals surface area (Å²) < 4.78 is 0. The van der Waals surface area contributed by atoms with Gasteiger partial charge in [0, 0.05) is 18.5 Å². The van der Waals surface area contributed by atoms with E-state index in [1.807, 2.05) is 6.92 Å². The molecule has 2 heterocycles. The molecule has 1 saturated heterocycles. The molecule has 3 nitrogen and oxygen atoms in total. The van der Waals surface area contributed by atoms with E-state index in [1.165, 1.54) is 0 Å². The monoisotopic (exact) mass is 221 g/mol. The first-order valence-electron chi connectivity index (χ1n) is 5.31. The van der Waals surface area contributed by atoms with Gasteiger partial charge in [0.1, 0.15) is 0 Å². The van der Waals surface area contributed by atoms with E-state index in [9.17, 15) is 0 Å². The number of piperidine rings is 1. The summed E-state index contributed by atoms with van der Waals surface area (Å²) >= 11 is 1.70. The number of aromatic nitrogens is 1. The third-order valence-corrected chi connectivity index (χ3v) is 3.56. The molecule has 1 aliphatic heterocycles. The fourth-order valence-electron chi connectivity index (χ4n) is 2.01. The van der Waals surface area contributed by atoms with Gasteiger partial charge < -0.3 is 0 Å². The van der Waals surface area contributed by atoms with Gasteiger partial charge in [-0.2, -0.15) is 5.26 Å². The first-order chi connectivity index (χ1) is 7.28. The maximum absolute atomic E-state index is 8.89. The first kappa shape index (κ1) is 10.6. The molecule has 0 radical (unpaired) electrons. The van der Waals surface area contributed by atoms with E-state index in [1.54, 1.807) is 11.3 Å². The van der Waals surface area contributed by atoms with Crippen LogP contribution in [0.1, 0.15) is 23.5 Å². The summed E-state index contributed by atoms with van der Waals surface area (Å²) in [4.78, 5) is 6.79. The number of nitriles is 1. The van der Waals surface area contributed by atoms with Gasteiger partial charge >= 0.3 is 0 Å². The van der Waals surface area contributed by atoms with E-state index in [0.717, 1.165) is 43.2 Å². The average Bonchev–Trinajstić information content (AvgIpc) is 2.64. The summed E-state index contributed by atoms with van der Waals surface area (Å²) in [6.07, 6.45) is 2.20. The van der Waals surface area contributed by atoms with Gasteiger partial charge in [-0.1, -0.05) is 0 Å². The Balaban J connectivity index is 1.92. The Morgan fingerprint density at radius 1 is 1.73 bits per heavy atom. The molecule has 2 rings (SSSR count). The van der Waals surface area contributed by atoms with E-state index < -0.39 is 0 Å². The van der Waals surface area contributed by atoms with Gasteiger partial charge in [0.05, 0.1) is 22.7 Å². The minimum absolute atomic E-state index is 0.221. The van der Waals surface area contributed by atoms with Crippen LogP contribution in [0.3, 0.4) is 0 Å². The van der Waals surface area contributed by atoms with E-state index in [4.69, 9.17) is 5.26 Å². The molecule has 15 heavy (non-hydrogen) atoms. The number of hydrogen-bond acceptors (Lipinski definition) is 4. The first-order valence-corrected chi connectivity index (χ1v) is 6.19. The van der Waals surface area contributed by atoms with Crippen LogP contribution < -0.4 is 0 Å². The highest BCUT2D eigenvalue weighted by Crippen LogP contribution is 2.18. The summed E-state index contributed by atoms with van der Waals surface area (Å²) in [6.45, 7) is 4.95. The van der Waals surface area contributed by atoms with Crippen molar-refractivity contribution in [2.24, 2.45) is 5.92 Å². The number of nitrogens with zero attached hydrogens (tertiary/aromatic N) is 3. The maximum atomic E-state index is 8.89. The lowest BCUT2D eigenvalue weighted by Crippen LogP contribution is -2.34. The molecular formula is C11H15N3S. The zero-order valence-electron chi connectivity index (χ0n) is 8.94.